The van der Waals surface area contributed by atoms with Gasteiger partial charge < -0.3 is 0 Å². The van der Waals surface area contributed by atoms with E-state index in [0.717, 1.165) is 22.8 Å². The fraction of sp³-hybridized carbons (Fsp3) is 0.267. The second-order valence-corrected chi connectivity index (χ2v) is 4.43. The molecule has 0 amide bonds. The molecule has 0 saturated carbocycles. The van der Waals surface area contributed by atoms with Gasteiger partial charge in [0.15, 0.2) is 0 Å². The monoisotopic (exact) mass is 265 g/mol. The Bertz CT molecular complexity index is 667. The molecule has 1 unspecified atom stereocenters. The van der Waals surface area contributed by atoms with Crippen LogP contribution in [0.3, 0.4) is 0 Å². The molecule has 0 radical (unpaired) electrons. The molecule has 2 aromatic carbocycles. The summed E-state index contributed by atoms with van der Waals surface area (Å²) in [6.45, 7) is 1.09. The zero-order valence-corrected chi connectivity index (χ0v) is 11.0. The average Bonchev–Trinajstić information content (AvgIpc) is 2.50. The summed E-state index contributed by atoms with van der Waals surface area (Å²) in [5.41, 5.74) is 9.14. The van der Waals surface area contributed by atoms with Crippen molar-refractivity contribution >= 4 is 10.8 Å². The van der Waals surface area contributed by atoms with Crippen LogP contribution in [0.5, 0.6) is 0 Å². The van der Waals surface area contributed by atoms with Crippen molar-refractivity contribution in [3.63, 3.8) is 0 Å². The van der Waals surface area contributed by atoms with Crippen molar-refractivity contribution in [3.8, 4) is 6.07 Å². The number of hydrogen-bond donors (Lipinski definition) is 1. The number of nitrogens with one attached hydrogen (secondary N) is 1. The molecule has 5 heteroatoms. The number of azide groups is 1. The normalized spacial score (nSPS) is 11.6. The zero-order valence-electron chi connectivity index (χ0n) is 11.0. The molecule has 0 aliphatic carbocycles. The van der Waals surface area contributed by atoms with Gasteiger partial charge >= 0.3 is 0 Å². The first-order chi connectivity index (χ1) is 9.85. The Hall–Kier alpha value is -2.54. The molecule has 0 saturated heterocycles. The lowest BCUT2D eigenvalue weighted by molar-refractivity contribution is 0.608. The summed E-state index contributed by atoms with van der Waals surface area (Å²) < 4.78 is 0. The van der Waals surface area contributed by atoms with Crippen LogP contribution in [0, 0.1) is 11.3 Å². The van der Waals surface area contributed by atoms with Crippen molar-refractivity contribution in [2.75, 3.05) is 13.1 Å². The minimum atomic E-state index is -0.342. The SMILES string of the molecule is N#CC(NCCCN=[N+]=[N-])c1ccc2ccccc2c1. The molecule has 2 aromatic rings. The van der Waals surface area contributed by atoms with E-state index in [1.807, 2.05) is 42.5 Å². The van der Waals surface area contributed by atoms with Crippen LogP contribution in [0.15, 0.2) is 47.6 Å². The maximum absolute atomic E-state index is 9.26. The Balaban J connectivity index is 2.05. The Morgan fingerprint density at radius 2 is 2.05 bits per heavy atom. The standard InChI is InChI=1S/C15H15N5/c16-11-15(18-8-3-9-19-20-17)14-7-6-12-4-1-2-5-13(12)10-14/h1-2,4-7,10,15,18H,3,8-9H2. The zero-order chi connectivity index (χ0) is 14.2. The second kappa shape index (κ2) is 7.15. The summed E-state index contributed by atoms with van der Waals surface area (Å²) in [5.74, 6) is 0. The largest absolute Gasteiger partial charge is 0.298 e. The van der Waals surface area contributed by atoms with Crippen LogP contribution in [-0.2, 0) is 0 Å². The lowest BCUT2D eigenvalue weighted by Crippen LogP contribution is -2.21. The number of hydrogen-bond acceptors (Lipinski definition) is 3. The van der Waals surface area contributed by atoms with Crippen LogP contribution < -0.4 is 5.32 Å². The Morgan fingerprint density at radius 3 is 2.80 bits per heavy atom. The minimum Gasteiger partial charge on any atom is -0.298 e. The molecule has 0 spiro atoms. The predicted octanol–water partition coefficient (Wildman–Crippen LogP) is 3.69. The molecular formula is C15H15N5. The molecule has 2 rings (SSSR count). The van der Waals surface area contributed by atoms with E-state index in [0.29, 0.717) is 13.1 Å². The summed E-state index contributed by atoms with van der Waals surface area (Å²) in [6.07, 6.45) is 0.718. The summed E-state index contributed by atoms with van der Waals surface area (Å²) in [5, 5.41) is 18.2. The molecule has 0 aromatic heterocycles. The Morgan fingerprint density at radius 1 is 1.25 bits per heavy atom. The molecule has 0 aliphatic rings. The highest BCUT2D eigenvalue weighted by molar-refractivity contribution is 5.83. The van der Waals surface area contributed by atoms with Gasteiger partial charge in [0, 0.05) is 11.5 Å². The van der Waals surface area contributed by atoms with Crippen LogP contribution in [0.25, 0.3) is 21.2 Å². The third-order valence-electron chi connectivity index (χ3n) is 3.08. The van der Waals surface area contributed by atoms with Crippen molar-refractivity contribution in [2.45, 2.75) is 12.5 Å². The molecule has 20 heavy (non-hydrogen) atoms. The number of fused-ring (bicyclic) bond motifs is 1. The maximum Gasteiger partial charge on any atom is 0.121 e. The number of benzene rings is 2. The topological polar surface area (TPSA) is 84.6 Å². The van der Waals surface area contributed by atoms with Gasteiger partial charge in [-0.3, -0.25) is 5.32 Å². The van der Waals surface area contributed by atoms with Gasteiger partial charge in [0.05, 0.1) is 6.07 Å². The van der Waals surface area contributed by atoms with Crippen molar-refractivity contribution in [3.05, 3.63) is 58.5 Å². The minimum absolute atomic E-state index is 0.342. The van der Waals surface area contributed by atoms with Crippen LogP contribution in [-0.4, -0.2) is 13.1 Å². The molecule has 5 nitrogen and oxygen atoms in total. The molecule has 0 fully saturated rings. The second-order valence-electron chi connectivity index (χ2n) is 4.43. The van der Waals surface area contributed by atoms with Gasteiger partial charge in [-0.1, -0.05) is 41.5 Å². The van der Waals surface area contributed by atoms with E-state index in [-0.39, 0.29) is 6.04 Å². The van der Waals surface area contributed by atoms with Gasteiger partial charge in [0.1, 0.15) is 6.04 Å². The molecule has 0 heterocycles. The van der Waals surface area contributed by atoms with Gasteiger partial charge in [-0.25, -0.2) is 0 Å². The van der Waals surface area contributed by atoms with Gasteiger partial charge in [0.25, 0.3) is 0 Å². The van der Waals surface area contributed by atoms with Gasteiger partial charge in [-0.2, -0.15) is 5.26 Å². The van der Waals surface area contributed by atoms with Gasteiger partial charge in [-0.05, 0) is 40.9 Å². The lowest BCUT2D eigenvalue weighted by Gasteiger charge is -2.12. The van der Waals surface area contributed by atoms with Crippen molar-refractivity contribution in [2.24, 2.45) is 5.11 Å². The first-order valence-electron chi connectivity index (χ1n) is 6.47. The number of nitriles is 1. The van der Waals surface area contributed by atoms with E-state index in [4.69, 9.17) is 5.53 Å². The quantitative estimate of drug-likeness (QED) is 0.374. The smallest absolute Gasteiger partial charge is 0.121 e. The van der Waals surface area contributed by atoms with Gasteiger partial charge in [0.2, 0.25) is 0 Å². The van der Waals surface area contributed by atoms with Crippen LogP contribution >= 0.6 is 0 Å². The molecular weight excluding hydrogens is 250 g/mol. The summed E-state index contributed by atoms with van der Waals surface area (Å²) in [6, 6.07) is 16.0. The molecule has 1 N–H and O–H groups in total. The van der Waals surface area contributed by atoms with Crippen LogP contribution in [0.4, 0.5) is 0 Å². The van der Waals surface area contributed by atoms with E-state index < -0.39 is 0 Å². The van der Waals surface area contributed by atoms with Crippen molar-refractivity contribution in [1.29, 1.82) is 5.26 Å². The Kier molecular flexibility index (Phi) is 4.96. The first-order valence-corrected chi connectivity index (χ1v) is 6.47. The van der Waals surface area contributed by atoms with E-state index in [1.165, 1.54) is 0 Å². The van der Waals surface area contributed by atoms with Crippen LogP contribution in [0.2, 0.25) is 0 Å². The predicted molar refractivity (Wildman–Crippen MR) is 78.9 cm³/mol. The summed E-state index contributed by atoms with van der Waals surface area (Å²) >= 11 is 0. The van der Waals surface area contributed by atoms with Crippen LogP contribution in [0.1, 0.15) is 18.0 Å². The van der Waals surface area contributed by atoms with E-state index in [2.05, 4.69) is 21.4 Å². The highest BCUT2D eigenvalue weighted by Gasteiger charge is 2.09. The van der Waals surface area contributed by atoms with Gasteiger partial charge in [-0.15, -0.1) is 0 Å². The summed E-state index contributed by atoms with van der Waals surface area (Å²) in [4.78, 5) is 2.70. The highest BCUT2D eigenvalue weighted by Crippen LogP contribution is 2.20. The summed E-state index contributed by atoms with van der Waals surface area (Å²) in [7, 11) is 0. The molecule has 0 aliphatic heterocycles. The average molecular weight is 265 g/mol. The first kappa shape index (κ1) is 13.9. The molecule has 100 valence electrons. The van der Waals surface area contributed by atoms with E-state index in [1.54, 1.807) is 0 Å². The third-order valence-corrected chi connectivity index (χ3v) is 3.08. The third kappa shape index (κ3) is 3.48. The van der Waals surface area contributed by atoms with E-state index >= 15 is 0 Å². The number of nitrogens with zero attached hydrogens (tertiary/aromatic N) is 4. The lowest BCUT2D eigenvalue weighted by atomic mass is 10.0. The molecule has 1 atom stereocenters. The van der Waals surface area contributed by atoms with Crippen molar-refractivity contribution in [1.82, 2.24) is 5.32 Å². The maximum atomic E-state index is 9.26. The molecule has 0 bridgehead atoms. The number of rotatable bonds is 6. The highest BCUT2D eigenvalue weighted by atomic mass is 15.1. The van der Waals surface area contributed by atoms with E-state index in [9.17, 15) is 5.26 Å². The Labute approximate surface area is 117 Å². The fourth-order valence-electron chi connectivity index (χ4n) is 2.07. The fourth-order valence-corrected chi connectivity index (χ4v) is 2.07. The van der Waals surface area contributed by atoms with Crippen molar-refractivity contribution < 1.29 is 0 Å².